The SMILES string of the molecule is CCC(CC)(CC)Nc1cc(C(=O)O)cc(Cl)n1. The highest BCUT2D eigenvalue weighted by Crippen LogP contribution is 2.26. The first-order chi connectivity index (χ1) is 8.46. The van der Waals surface area contributed by atoms with Crippen LogP contribution in [0.1, 0.15) is 50.4 Å². The molecule has 4 nitrogen and oxygen atoms in total. The molecule has 1 aromatic rings. The van der Waals surface area contributed by atoms with Crippen LogP contribution in [-0.4, -0.2) is 21.6 Å². The summed E-state index contributed by atoms with van der Waals surface area (Å²) in [4.78, 5) is 15.1. The first kappa shape index (κ1) is 14.8. The Morgan fingerprint density at radius 1 is 1.33 bits per heavy atom. The van der Waals surface area contributed by atoms with Gasteiger partial charge < -0.3 is 10.4 Å². The average molecular weight is 271 g/mol. The molecule has 0 aliphatic rings. The molecule has 1 rings (SSSR count). The molecule has 0 amide bonds. The number of carbonyl (C=O) groups is 1. The lowest BCUT2D eigenvalue weighted by Crippen LogP contribution is -2.36. The summed E-state index contributed by atoms with van der Waals surface area (Å²) in [6.45, 7) is 6.30. The number of pyridine rings is 1. The fourth-order valence-electron chi connectivity index (χ4n) is 1.97. The molecule has 0 atom stereocenters. The first-order valence-electron chi connectivity index (χ1n) is 6.15. The van der Waals surface area contributed by atoms with Crippen molar-refractivity contribution in [2.24, 2.45) is 0 Å². The van der Waals surface area contributed by atoms with Crippen LogP contribution in [0.25, 0.3) is 0 Å². The van der Waals surface area contributed by atoms with Gasteiger partial charge in [0.15, 0.2) is 0 Å². The monoisotopic (exact) mass is 270 g/mol. The second kappa shape index (κ2) is 6.05. The van der Waals surface area contributed by atoms with E-state index in [-0.39, 0.29) is 16.3 Å². The summed E-state index contributed by atoms with van der Waals surface area (Å²) in [7, 11) is 0. The lowest BCUT2D eigenvalue weighted by Gasteiger charge is -2.32. The maximum absolute atomic E-state index is 11.0. The van der Waals surface area contributed by atoms with Gasteiger partial charge in [-0.1, -0.05) is 32.4 Å². The van der Waals surface area contributed by atoms with Crippen LogP contribution in [0, 0.1) is 0 Å². The highest BCUT2D eigenvalue weighted by Gasteiger charge is 2.24. The van der Waals surface area contributed by atoms with E-state index in [1.54, 1.807) is 0 Å². The fraction of sp³-hybridized carbons (Fsp3) is 0.538. The molecule has 0 unspecified atom stereocenters. The van der Waals surface area contributed by atoms with Crippen molar-refractivity contribution in [2.75, 3.05) is 5.32 Å². The summed E-state index contributed by atoms with van der Waals surface area (Å²) in [5, 5.41) is 12.5. The van der Waals surface area contributed by atoms with Crippen LogP contribution < -0.4 is 5.32 Å². The molecule has 5 heteroatoms. The van der Waals surface area contributed by atoms with Gasteiger partial charge >= 0.3 is 5.97 Å². The van der Waals surface area contributed by atoms with Crippen LogP contribution in [0.3, 0.4) is 0 Å². The molecule has 0 radical (unpaired) electrons. The van der Waals surface area contributed by atoms with Crippen LogP contribution in [-0.2, 0) is 0 Å². The molecule has 0 aliphatic carbocycles. The predicted octanol–water partition coefficient (Wildman–Crippen LogP) is 3.81. The summed E-state index contributed by atoms with van der Waals surface area (Å²) in [5.41, 5.74) is 0.0858. The first-order valence-corrected chi connectivity index (χ1v) is 6.53. The molecule has 0 fully saturated rings. The van der Waals surface area contributed by atoms with E-state index >= 15 is 0 Å². The van der Waals surface area contributed by atoms with E-state index in [1.165, 1.54) is 12.1 Å². The number of carboxylic acids is 1. The Morgan fingerprint density at radius 3 is 2.33 bits per heavy atom. The van der Waals surface area contributed by atoms with Gasteiger partial charge in [0.05, 0.1) is 5.56 Å². The molecule has 0 saturated carbocycles. The molecule has 2 N–H and O–H groups in total. The van der Waals surface area contributed by atoms with Crippen molar-refractivity contribution in [3.8, 4) is 0 Å². The number of nitrogens with one attached hydrogen (secondary N) is 1. The summed E-state index contributed by atoms with van der Waals surface area (Å²) in [6.07, 6.45) is 2.82. The van der Waals surface area contributed by atoms with Crippen LogP contribution >= 0.6 is 11.6 Å². The van der Waals surface area contributed by atoms with Crippen molar-refractivity contribution < 1.29 is 9.90 Å². The van der Waals surface area contributed by atoms with Gasteiger partial charge in [-0.2, -0.15) is 0 Å². The second-order valence-corrected chi connectivity index (χ2v) is 4.72. The van der Waals surface area contributed by atoms with Crippen LogP contribution in [0.5, 0.6) is 0 Å². The molecule has 18 heavy (non-hydrogen) atoms. The van der Waals surface area contributed by atoms with Crippen LogP contribution in [0.2, 0.25) is 5.15 Å². The number of aromatic nitrogens is 1. The molecule has 0 spiro atoms. The van der Waals surface area contributed by atoms with Crippen molar-refractivity contribution >= 4 is 23.4 Å². The second-order valence-electron chi connectivity index (χ2n) is 4.33. The third kappa shape index (κ3) is 3.35. The highest BCUT2D eigenvalue weighted by atomic mass is 35.5. The zero-order valence-corrected chi connectivity index (χ0v) is 11.7. The minimum atomic E-state index is -1.00. The van der Waals surface area contributed by atoms with Gasteiger partial charge in [0.25, 0.3) is 0 Å². The molecule has 0 aromatic carbocycles. The van der Waals surface area contributed by atoms with Gasteiger partial charge in [0.2, 0.25) is 0 Å². The molecule has 0 bridgehead atoms. The third-order valence-electron chi connectivity index (χ3n) is 3.46. The van der Waals surface area contributed by atoms with Crippen LogP contribution in [0.15, 0.2) is 12.1 Å². The summed E-state index contributed by atoms with van der Waals surface area (Å²) < 4.78 is 0. The molecular formula is C13H19ClN2O2. The Bertz CT molecular complexity index is 423. The van der Waals surface area contributed by atoms with E-state index in [0.717, 1.165) is 19.3 Å². The Kier molecular flexibility index (Phi) is 4.96. The smallest absolute Gasteiger partial charge is 0.335 e. The number of anilines is 1. The van der Waals surface area contributed by atoms with Crippen molar-refractivity contribution in [1.29, 1.82) is 0 Å². The number of hydrogen-bond acceptors (Lipinski definition) is 3. The van der Waals surface area contributed by atoms with E-state index < -0.39 is 5.97 Å². The maximum atomic E-state index is 11.0. The highest BCUT2D eigenvalue weighted by molar-refractivity contribution is 6.29. The Hall–Kier alpha value is -1.29. The van der Waals surface area contributed by atoms with Gasteiger partial charge in [-0.15, -0.1) is 0 Å². The van der Waals surface area contributed by atoms with Gasteiger partial charge in [0.1, 0.15) is 11.0 Å². The van der Waals surface area contributed by atoms with Crippen molar-refractivity contribution in [3.05, 3.63) is 22.8 Å². The average Bonchev–Trinajstić information content (AvgIpc) is 2.35. The number of halogens is 1. The van der Waals surface area contributed by atoms with Crippen molar-refractivity contribution in [1.82, 2.24) is 4.98 Å². The van der Waals surface area contributed by atoms with E-state index in [4.69, 9.17) is 16.7 Å². The normalized spacial score (nSPS) is 11.3. The Balaban J connectivity index is 3.06. The fourth-order valence-corrected chi connectivity index (χ4v) is 2.18. The lowest BCUT2D eigenvalue weighted by molar-refractivity contribution is 0.0697. The summed E-state index contributed by atoms with van der Waals surface area (Å²) in [5.74, 6) is -0.483. The Morgan fingerprint density at radius 2 is 1.89 bits per heavy atom. The van der Waals surface area contributed by atoms with Gasteiger partial charge in [-0.05, 0) is 31.4 Å². The zero-order valence-electron chi connectivity index (χ0n) is 11.0. The van der Waals surface area contributed by atoms with E-state index in [1.807, 2.05) is 0 Å². The topological polar surface area (TPSA) is 62.2 Å². The molecule has 1 heterocycles. The molecule has 1 aromatic heterocycles. The predicted molar refractivity (Wildman–Crippen MR) is 73.4 cm³/mol. The molecule has 0 aliphatic heterocycles. The lowest BCUT2D eigenvalue weighted by atomic mass is 9.90. The van der Waals surface area contributed by atoms with E-state index in [2.05, 4.69) is 31.1 Å². The maximum Gasteiger partial charge on any atom is 0.335 e. The van der Waals surface area contributed by atoms with Crippen molar-refractivity contribution in [3.63, 3.8) is 0 Å². The molecule has 0 saturated heterocycles. The van der Waals surface area contributed by atoms with Gasteiger partial charge in [-0.25, -0.2) is 9.78 Å². The molecular weight excluding hydrogens is 252 g/mol. The van der Waals surface area contributed by atoms with Crippen molar-refractivity contribution in [2.45, 2.75) is 45.6 Å². The standard InChI is InChI=1S/C13H19ClN2O2/c1-4-13(5-2,6-3)16-11-8-9(12(17)18)7-10(14)15-11/h7-8H,4-6H2,1-3H3,(H,15,16)(H,17,18). The zero-order chi connectivity index (χ0) is 13.8. The largest absolute Gasteiger partial charge is 0.478 e. The number of rotatable bonds is 6. The van der Waals surface area contributed by atoms with E-state index in [0.29, 0.717) is 5.82 Å². The van der Waals surface area contributed by atoms with Gasteiger partial charge in [-0.3, -0.25) is 0 Å². The number of carboxylic acid groups (broad SMARTS) is 1. The summed E-state index contributed by atoms with van der Waals surface area (Å²) >= 11 is 5.84. The minimum absolute atomic E-state index is 0.0620. The third-order valence-corrected chi connectivity index (χ3v) is 3.66. The number of aromatic carboxylic acids is 1. The molecule has 100 valence electrons. The number of hydrogen-bond donors (Lipinski definition) is 2. The van der Waals surface area contributed by atoms with Crippen LogP contribution in [0.4, 0.5) is 5.82 Å². The number of nitrogens with zero attached hydrogens (tertiary/aromatic N) is 1. The quantitative estimate of drug-likeness (QED) is 0.772. The van der Waals surface area contributed by atoms with Gasteiger partial charge in [0, 0.05) is 5.54 Å². The Labute approximate surface area is 112 Å². The minimum Gasteiger partial charge on any atom is -0.478 e. The van der Waals surface area contributed by atoms with E-state index in [9.17, 15) is 4.79 Å². The summed E-state index contributed by atoms with van der Waals surface area (Å²) in [6, 6.07) is 2.87.